The van der Waals surface area contributed by atoms with E-state index in [1.165, 1.54) is 12.8 Å². The monoisotopic (exact) mass is 572 g/mol. The number of nitrogens with two attached hydrogens (primary N) is 1. The van der Waals surface area contributed by atoms with E-state index in [1.807, 2.05) is 0 Å². The number of likely N-dealkylation sites (tertiary alicyclic amines) is 1. The number of hydrogen-bond acceptors (Lipinski definition) is 6. The Kier molecular flexibility index (Phi) is 7.92. The normalized spacial score (nSPS) is 33.1. The first-order chi connectivity index (χ1) is 19.2. The predicted molar refractivity (Wildman–Crippen MR) is 151 cm³/mol. The quantitative estimate of drug-likeness (QED) is 0.362. The number of hydrogen-bond donors (Lipinski definition) is 3. The van der Waals surface area contributed by atoms with Crippen LogP contribution in [0.1, 0.15) is 92.4 Å². The molecular formula is C31H48N4O6. The maximum absolute atomic E-state index is 14.4. The number of rotatable bonds is 9. The Hall–Kier alpha value is -2.65. The molecule has 0 aromatic carbocycles. The molecule has 228 valence electrons. The summed E-state index contributed by atoms with van der Waals surface area (Å²) in [7, 11) is 0. The van der Waals surface area contributed by atoms with Gasteiger partial charge < -0.3 is 26.0 Å². The van der Waals surface area contributed by atoms with Gasteiger partial charge in [-0.25, -0.2) is 4.79 Å². The molecule has 1 saturated heterocycles. The largest absolute Gasteiger partial charge is 0.444 e. The van der Waals surface area contributed by atoms with E-state index in [4.69, 9.17) is 10.5 Å². The summed E-state index contributed by atoms with van der Waals surface area (Å²) in [6.07, 6.45) is 8.09. The van der Waals surface area contributed by atoms with E-state index in [9.17, 15) is 24.0 Å². The molecule has 5 aliphatic rings. The number of primary amides is 1. The van der Waals surface area contributed by atoms with Crippen LogP contribution in [0.4, 0.5) is 4.79 Å². The molecule has 5 unspecified atom stereocenters. The summed E-state index contributed by atoms with van der Waals surface area (Å²) in [5, 5.41) is 5.74. The molecule has 4 aliphatic carbocycles. The van der Waals surface area contributed by atoms with Crippen molar-refractivity contribution < 1.29 is 28.7 Å². The summed E-state index contributed by atoms with van der Waals surface area (Å²) in [6, 6.07) is -2.56. The number of amides is 4. The standard InChI is InChI=1S/C31H48N4O6/c1-30(2,3)41-29(40)34-23(19-13-17-8-6-7-9-18(17)14-19)28(39)35-15-20-22(31(20,4)5)24(35)27(38)33-21(12-16-10-11-16)25(36)26(32)37/h16-24H,6-15H2,1-5H3,(H2,32,37)(H,33,38)(H,34,40)/t17?,18?,19?,20-,21?,22-,23?,24?/m1/s1. The van der Waals surface area contributed by atoms with E-state index in [0.29, 0.717) is 24.8 Å². The average Bonchev–Trinajstić information content (AvgIpc) is 3.63. The second kappa shape index (κ2) is 10.9. The molecule has 7 atom stereocenters. The number of ketones is 1. The zero-order valence-electron chi connectivity index (χ0n) is 25.2. The Balaban J connectivity index is 1.38. The predicted octanol–water partition coefficient (Wildman–Crippen LogP) is 2.92. The average molecular weight is 573 g/mol. The van der Waals surface area contributed by atoms with Crippen molar-refractivity contribution in [2.75, 3.05) is 6.54 Å². The summed E-state index contributed by atoms with van der Waals surface area (Å²) in [4.78, 5) is 67.2. The Morgan fingerprint density at radius 1 is 0.976 bits per heavy atom. The van der Waals surface area contributed by atoms with Crippen LogP contribution in [0.3, 0.4) is 0 Å². The fraction of sp³-hybridized carbons (Fsp3) is 0.839. The zero-order valence-corrected chi connectivity index (χ0v) is 25.2. The van der Waals surface area contributed by atoms with Gasteiger partial charge in [-0.05, 0) is 81.0 Å². The van der Waals surface area contributed by atoms with E-state index in [0.717, 1.165) is 38.5 Å². The number of alkyl carbamates (subject to hydrolysis) is 1. The molecule has 10 heteroatoms. The molecule has 0 aromatic rings. The molecule has 41 heavy (non-hydrogen) atoms. The Morgan fingerprint density at radius 2 is 1.59 bits per heavy atom. The molecule has 5 rings (SSSR count). The molecule has 5 fully saturated rings. The van der Waals surface area contributed by atoms with Crippen molar-refractivity contribution in [3.63, 3.8) is 0 Å². The number of nitrogens with one attached hydrogen (secondary N) is 2. The molecule has 0 aromatic heterocycles. The summed E-state index contributed by atoms with van der Waals surface area (Å²) < 4.78 is 5.56. The van der Waals surface area contributed by atoms with Crippen LogP contribution in [-0.2, 0) is 23.9 Å². The number of carbonyl (C=O) groups is 5. The van der Waals surface area contributed by atoms with Crippen molar-refractivity contribution in [3.05, 3.63) is 0 Å². The summed E-state index contributed by atoms with van der Waals surface area (Å²) >= 11 is 0. The molecule has 4 amide bonds. The molecule has 1 aliphatic heterocycles. The highest BCUT2D eigenvalue weighted by atomic mass is 16.6. The number of nitrogens with zero attached hydrogens (tertiary/aromatic N) is 1. The molecule has 10 nitrogen and oxygen atoms in total. The zero-order chi connectivity index (χ0) is 29.9. The number of ether oxygens (including phenoxy) is 1. The molecule has 1 heterocycles. The highest BCUT2D eigenvalue weighted by Gasteiger charge is 2.70. The van der Waals surface area contributed by atoms with Gasteiger partial charge >= 0.3 is 6.09 Å². The minimum Gasteiger partial charge on any atom is -0.444 e. The third-order valence-corrected chi connectivity index (χ3v) is 10.6. The van der Waals surface area contributed by atoms with Gasteiger partial charge in [0.25, 0.3) is 5.91 Å². The van der Waals surface area contributed by atoms with Gasteiger partial charge in [0.2, 0.25) is 17.6 Å². The van der Waals surface area contributed by atoms with Gasteiger partial charge in [0.1, 0.15) is 17.7 Å². The number of Topliss-reactive ketones (excluding diaryl/α,β-unsaturated/α-hetero) is 1. The lowest BCUT2D eigenvalue weighted by Gasteiger charge is -2.35. The molecule has 0 spiro atoms. The first-order valence-electron chi connectivity index (χ1n) is 15.6. The van der Waals surface area contributed by atoms with Gasteiger partial charge in [0, 0.05) is 6.54 Å². The van der Waals surface area contributed by atoms with Gasteiger partial charge in [-0.1, -0.05) is 52.4 Å². The second-order valence-corrected chi connectivity index (χ2v) is 15.0. The van der Waals surface area contributed by atoms with Crippen LogP contribution in [-0.4, -0.2) is 64.8 Å². The third-order valence-electron chi connectivity index (χ3n) is 10.6. The molecule has 4 N–H and O–H groups in total. The number of carbonyl (C=O) groups excluding carboxylic acids is 5. The first kappa shape index (κ1) is 29.8. The maximum Gasteiger partial charge on any atom is 0.408 e. The summed E-state index contributed by atoms with van der Waals surface area (Å²) in [5.74, 6) is -1.12. The Morgan fingerprint density at radius 3 is 2.12 bits per heavy atom. The van der Waals surface area contributed by atoms with Gasteiger partial charge in [0.05, 0.1) is 6.04 Å². The summed E-state index contributed by atoms with van der Waals surface area (Å²) in [5.41, 5.74) is 4.46. The lowest BCUT2D eigenvalue weighted by molar-refractivity contribution is -0.144. The van der Waals surface area contributed by atoms with Crippen LogP contribution in [0.5, 0.6) is 0 Å². The fourth-order valence-corrected chi connectivity index (χ4v) is 8.21. The topological polar surface area (TPSA) is 148 Å². The van der Waals surface area contributed by atoms with Gasteiger partial charge in [0.15, 0.2) is 0 Å². The molecule has 0 radical (unpaired) electrons. The van der Waals surface area contributed by atoms with Crippen molar-refractivity contribution in [1.29, 1.82) is 0 Å². The number of piperidine rings is 1. The van der Waals surface area contributed by atoms with Gasteiger partial charge in [-0.3, -0.25) is 19.2 Å². The highest BCUT2D eigenvalue weighted by Crippen LogP contribution is 2.65. The van der Waals surface area contributed by atoms with E-state index in [1.54, 1.807) is 25.7 Å². The minimum atomic E-state index is -1.07. The number of fused-ring (bicyclic) bond motifs is 2. The van der Waals surface area contributed by atoms with E-state index >= 15 is 0 Å². The van der Waals surface area contributed by atoms with Crippen LogP contribution in [0.15, 0.2) is 0 Å². The first-order valence-corrected chi connectivity index (χ1v) is 15.6. The van der Waals surface area contributed by atoms with Gasteiger partial charge in [-0.2, -0.15) is 0 Å². The lowest BCUT2D eigenvalue weighted by Crippen LogP contribution is -2.59. The van der Waals surface area contributed by atoms with Crippen LogP contribution in [0.25, 0.3) is 0 Å². The van der Waals surface area contributed by atoms with Crippen LogP contribution >= 0.6 is 0 Å². The van der Waals surface area contributed by atoms with Crippen molar-refractivity contribution in [2.24, 2.45) is 46.7 Å². The van der Waals surface area contributed by atoms with Crippen LogP contribution < -0.4 is 16.4 Å². The van der Waals surface area contributed by atoms with Crippen molar-refractivity contribution in [2.45, 2.75) is 116 Å². The van der Waals surface area contributed by atoms with E-state index in [2.05, 4.69) is 24.5 Å². The molecule has 4 saturated carbocycles. The van der Waals surface area contributed by atoms with Crippen molar-refractivity contribution >= 4 is 29.6 Å². The molecular weight excluding hydrogens is 524 g/mol. The SMILES string of the molecule is CC(C)(C)OC(=O)NC(C(=O)N1C[C@@H]2[C@H](C1C(=O)NC(CC1CC1)C(=O)C(N)=O)C2(C)C)C1CC2CCCCC2C1. The lowest BCUT2D eigenvalue weighted by atomic mass is 9.82. The van der Waals surface area contributed by atoms with Gasteiger partial charge in [-0.15, -0.1) is 0 Å². The Bertz CT molecular complexity index is 1080. The molecule has 0 bridgehead atoms. The van der Waals surface area contributed by atoms with Crippen LogP contribution in [0, 0.1) is 40.9 Å². The third kappa shape index (κ3) is 6.26. The minimum absolute atomic E-state index is 0.0316. The Labute approximate surface area is 243 Å². The second-order valence-electron chi connectivity index (χ2n) is 15.0. The smallest absolute Gasteiger partial charge is 0.408 e. The summed E-state index contributed by atoms with van der Waals surface area (Å²) in [6.45, 7) is 9.97. The highest BCUT2D eigenvalue weighted by molar-refractivity contribution is 6.37. The fourth-order valence-electron chi connectivity index (χ4n) is 8.21. The van der Waals surface area contributed by atoms with Crippen LogP contribution in [0.2, 0.25) is 0 Å². The maximum atomic E-state index is 14.4. The van der Waals surface area contributed by atoms with E-state index < -0.39 is 47.4 Å². The van der Waals surface area contributed by atoms with Crippen molar-refractivity contribution in [1.82, 2.24) is 15.5 Å². The van der Waals surface area contributed by atoms with Crippen molar-refractivity contribution in [3.8, 4) is 0 Å². The van der Waals surface area contributed by atoms with E-state index in [-0.39, 0.29) is 35.0 Å².